The van der Waals surface area contributed by atoms with E-state index in [1.165, 1.54) is 54.1 Å². The molecular weight excluding hydrogens is 530 g/mol. The van der Waals surface area contributed by atoms with Crippen molar-refractivity contribution in [2.45, 2.75) is 19.3 Å². The number of fused-ring (bicyclic) bond motifs is 3. The quantitative estimate of drug-likeness (QED) is 0.184. The first kappa shape index (κ1) is 26.1. The standard InChI is InChI=1S/C39H32P2/c1-39(2)37-27-33(40(29-15-7-3-8-16-29)30-17-9-4-10-18-30)23-25-35(37)36-26-24-34(28-38(36)39)41(31-19-11-5-12-20-31)32-21-13-6-14-22-32/h3-28H,1-2H3. The summed E-state index contributed by atoms with van der Waals surface area (Å²) < 4.78 is 0. The maximum absolute atomic E-state index is 2.51. The van der Waals surface area contributed by atoms with Gasteiger partial charge in [0.25, 0.3) is 0 Å². The molecule has 0 aliphatic heterocycles. The zero-order valence-electron chi connectivity index (χ0n) is 23.4. The van der Waals surface area contributed by atoms with Gasteiger partial charge >= 0.3 is 0 Å². The Morgan fingerprint density at radius 1 is 0.341 bits per heavy atom. The minimum Gasteiger partial charge on any atom is -0.0622 e. The largest absolute Gasteiger partial charge is 0.0622 e. The third-order valence-corrected chi connectivity index (χ3v) is 13.1. The molecule has 0 fully saturated rings. The van der Waals surface area contributed by atoms with Crippen LogP contribution in [-0.2, 0) is 5.41 Å². The molecule has 0 saturated carbocycles. The van der Waals surface area contributed by atoms with E-state index in [4.69, 9.17) is 0 Å². The highest BCUT2D eigenvalue weighted by molar-refractivity contribution is 7.80. The number of rotatable bonds is 6. The number of hydrogen-bond acceptors (Lipinski definition) is 0. The molecule has 6 aromatic carbocycles. The predicted octanol–water partition coefficient (Wildman–Crippen LogP) is 7.51. The molecule has 0 aromatic heterocycles. The molecule has 7 rings (SSSR count). The molecule has 2 heteroatoms. The molecule has 0 heterocycles. The fraction of sp³-hybridized carbons (Fsp3) is 0.0769. The lowest BCUT2D eigenvalue weighted by Crippen LogP contribution is -2.24. The van der Waals surface area contributed by atoms with Gasteiger partial charge in [0.2, 0.25) is 0 Å². The van der Waals surface area contributed by atoms with Gasteiger partial charge in [-0.05, 0) is 82.1 Å². The summed E-state index contributed by atoms with van der Waals surface area (Å²) in [6, 6.07) is 58.6. The smallest absolute Gasteiger partial charge is 0.0159 e. The Bertz CT molecular complexity index is 1580. The van der Waals surface area contributed by atoms with E-state index in [0.717, 1.165) is 0 Å². The van der Waals surface area contributed by atoms with Crippen LogP contribution in [0.5, 0.6) is 0 Å². The van der Waals surface area contributed by atoms with Gasteiger partial charge in [-0.3, -0.25) is 0 Å². The summed E-state index contributed by atoms with van der Waals surface area (Å²) in [6.07, 6.45) is 0. The molecule has 0 unspecified atom stereocenters. The molecular formula is C39H32P2. The SMILES string of the molecule is CC1(C)c2cc(P(c3ccccc3)c3ccccc3)ccc2-c2ccc(P(c3ccccc3)c3ccccc3)cc21. The first-order valence-electron chi connectivity index (χ1n) is 14.2. The highest BCUT2D eigenvalue weighted by Gasteiger charge is 2.37. The zero-order chi connectivity index (χ0) is 27.8. The second-order valence-corrected chi connectivity index (χ2v) is 15.5. The van der Waals surface area contributed by atoms with Gasteiger partial charge < -0.3 is 0 Å². The molecule has 1 aliphatic rings. The van der Waals surface area contributed by atoms with Crippen molar-refractivity contribution in [2.75, 3.05) is 0 Å². The molecule has 0 saturated heterocycles. The third-order valence-electron chi connectivity index (χ3n) is 8.22. The predicted molar refractivity (Wildman–Crippen MR) is 181 cm³/mol. The van der Waals surface area contributed by atoms with Crippen LogP contribution in [0.25, 0.3) is 11.1 Å². The second kappa shape index (κ2) is 10.9. The van der Waals surface area contributed by atoms with Crippen LogP contribution in [0.15, 0.2) is 158 Å². The van der Waals surface area contributed by atoms with Gasteiger partial charge in [-0.15, -0.1) is 0 Å². The average molecular weight is 563 g/mol. The Morgan fingerprint density at radius 3 is 0.927 bits per heavy atom. The summed E-state index contributed by atoms with van der Waals surface area (Å²) in [5, 5.41) is 8.38. The Balaban J connectivity index is 1.34. The normalized spacial score (nSPS) is 13.3. The lowest BCUT2D eigenvalue weighted by Gasteiger charge is -2.26. The molecule has 0 nitrogen and oxygen atoms in total. The van der Waals surface area contributed by atoms with Crippen LogP contribution >= 0.6 is 15.8 Å². The average Bonchev–Trinajstić information content (AvgIpc) is 3.25. The van der Waals surface area contributed by atoms with Crippen molar-refractivity contribution in [3.8, 4) is 11.1 Å². The summed E-state index contributed by atoms with van der Waals surface area (Å²) in [7, 11) is -1.29. The van der Waals surface area contributed by atoms with Crippen LogP contribution in [0.3, 0.4) is 0 Å². The lowest BCUT2D eigenvalue weighted by atomic mass is 9.82. The third kappa shape index (κ3) is 4.77. The second-order valence-electron chi connectivity index (χ2n) is 11.1. The Hall–Kier alpha value is -3.82. The molecule has 0 spiro atoms. The van der Waals surface area contributed by atoms with E-state index in [0.29, 0.717) is 0 Å². The highest BCUT2D eigenvalue weighted by Crippen LogP contribution is 2.50. The van der Waals surface area contributed by atoms with Gasteiger partial charge in [-0.2, -0.15) is 0 Å². The maximum Gasteiger partial charge on any atom is 0.0159 e. The van der Waals surface area contributed by atoms with E-state index in [-0.39, 0.29) is 5.41 Å². The molecule has 0 radical (unpaired) electrons. The van der Waals surface area contributed by atoms with E-state index in [9.17, 15) is 0 Å². The molecule has 6 aromatic rings. The number of benzene rings is 6. The molecule has 198 valence electrons. The molecule has 0 N–H and O–H groups in total. The molecule has 0 bridgehead atoms. The van der Waals surface area contributed by atoms with E-state index >= 15 is 0 Å². The molecule has 1 aliphatic carbocycles. The van der Waals surface area contributed by atoms with Crippen molar-refractivity contribution in [1.82, 2.24) is 0 Å². The van der Waals surface area contributed by atoms with Crippen LogP contribution in [0.4, 0.5) is 0 Å². The van der Waals surface area contributed by atoms with Crippen molar-refractivity contribution in [1.29, 1.82) is 0 Å². The molecule has 0 atom stereocenters. The Kier molecular flexibility index (Phi) is 6.92. The summed E-state index contributed by atoms with van der Waals surface area (Å²) in [5.41, 5.74) is 5.54. The van der Waals surface area contributed by atoms with Crippen molar-refractivity contribution in [2.24, 2.45) is 0 Å². The van der Waals surface area contributed by atoms with Crippen LogP contribution in [0.1, 0.15) is 25.0 Å². The van der Waals surface area contributed by atoms with Crippen molar-refractivity contribution >= 4 is 47.7 Å². The van der Waals surface area contributed by atoms with Crippen LogP contribution in [0, 0.1) is 0 Å². The highest BCUT2D eigenvalue weighted by atomic mass is 31.1. The van der Waals surface area contributed by atoms with Gasteiger partial charge in [0.1, 0.15) is 0 Å². The van der Waals surface area contributed by atoms with E-state index < -0.39 is 15.8 Å². The summed E-state index contributed by atoms with van der Waals surface area (Å²) in [6.45, 7) is 4.82. The minimum atomic E-state index is -0.644. The van der Waals surface area contributed by atoms with Crippen molar-refractivity contribution in [3.63, 3.8) is 0 Å². The fourth-order valence-corrected chi connectivity index (χ4v) is 10.8. The fourth-order valence-electron chi connectivity index (χ4n) is 6.19. The summed E-state index contributed by atoms with van der Waals surface area (Å²) >= 11 is 0. The van der Waals surface area contributed by atoms with Gasteiger partial charge in [-0.1, -0.05) is 159 Å². The number of hydrogen-bond donors (Lipinski definition) is 0. The Morgan fingerprint density at radius 2 is 0.634 bits per heavy atom. The first-order chi connectivity index (χ1) is 20.1. The van der Waals surface area contributed by atoms with Crippen LogP contribution in [0.2, 0.25) is 0 Å². The van der Waals surface area contributed by atoms with E-state index in [2.05, 4.69) is 172 Å². The van der Waals surface area contributed by atoms with Gasteiger partial charge in [-0.25, -0.2) is 0 Å². The monoisotopic (exact) mass is 562 g/mol. The molecule has 0 amide bonds. The van der Waals surface area contributed by atoms with Crippen LogP contribution < -0.4 is 31.8 Å². The van der Waals surface area contributed by atoms with Gasteiger partial charge in [0, 0.05) is 5.41 Å². The Labute approximate surface area is 246 Å². The zero-order valence-corrected chi connectivity index (χ0v) is 25.2. The van der Waals surface area contributed by atoms with Crippen LogP contribution in [-0.4, -0.2) is 0 Å². The topological polar surface area (TPSA) is 0 Å². The van der Waals surface area contributed by atoms with E-state index in [1.54, 1.807) is 0 Å². The maximum atomic E-state index is 2.51. The van der Waals surface area contributed by atoms with E-state index in [1.807, 2.05) is 0 Å². The summed E-state index contributed by atoms with van der Waals surface area (Å²) in [4.78, 5) is 0. The minimum absolute atomic E-state index is 0.0839. The van der Waals surface area contributed by atoms with Crippen molar-refractivity contribution < 1.29 is 0 Å². The molecule has 41 heavy (non-hydrogen) atoms. The van der Waals surface area contributed by atoms with Crippen molar-refractivity contribution in [3.05, 3.63) is 169 Å². The first-order valence-corrected chi connectivity index (χ1v) is 16.9. The van der Waals surface area contributed by atoms with Gasteiger partial charge in [0.05, 0.1) is 0 Å². The lowest BCUT2D eigenvalue weighted by molar-refractivity contribution is 0.661. The summed E-state index contributed by atoms with van der Waals surface area (Å²) in [5.74, 6) is 0. The van der Waals surface area contributed by atoms with Gasteiger partial charge in [0.15, 0.2) is 0 Å².